The van der Waals surface area contributed by atoms with Crippen LogP contribution in [0, 0.1) is 0 Å². The fourth-order valence-corrected chi connectivity index (χ4v) is 1.09. The summed E-state index contributed by atoms with van der Waals surface area (Å²) in [5.41, 5.74) is 1.04. The van der Waals surface area contributed by atoms with E-state index < -0.39 is 0 Å². The van der Waals surface area contributed by atoms with Crippen LogP contribution in [0.25, 0.3) is 0 Å². The van der Waals surface area contributed by atoms with Gasteiger partial charge in [-0.2, -0.15) is 0 Å². The second kappa shape index (κ2) is 3.20. The van der Waals surface area contributed by atoms with Crippen molar-refractivity contribution in [1.29, 1.82) is 0 Å². The van der Waals surface area contributed by atoms with Gasteiger partial charge in [0.2, 0.25) is 0 Å². The van der Waals surface area contributed by atoms with E-state index in [4.69, 9.17) is 10.4 Å². The molecule has 0 radical (unpaired) electrons. The van der Waals surface area contributed by atoms with Crippen molar-refractivity contribution in [1.82, 2.24) is 0 Å². The molecule has 1 aliphatic carbocycles. The Hall–Kier alpha value is -1.06. The molecule has 0 bridgehead atoms. The van der Waals surface area contributed by atoms with Crippen LogP contribution < -0.4 is 0 Å². The Balaban J connectivity index is 2.69. The van der Waals surface area contributed by atoms with E-state index in [1.807, 2.05) is 0 Å². The van der Waals surface area contributed by atoms with Crippen LogP contribution in [0.15, 0.2) is 10.3 Å². The maximum atomic E-state index is 8.39. The Morgan fingerprint density at radius 3 is 1.60 bits per heavy atom. The highest BCUT2D eigenvalue weighted by atomic mass is 16.4. The molecule has 1 aliphatic rings. The molecule has 1 fully saturated rings. The highest BCUT2D eigenvalue weighted by Gasteiger charge is 2.15. The van der Waals surface area contributed by atoms with Gasteiger partial charge >= 0.3 is 0 Å². The minimum atomic E-state index is 0.522. The summed E-state index contributed by atoms with van der Waals surface area (Å²) in [5, 5.41) is 22.8. The fraction of sp³-hybridized carbons (Fsp3) is 0.667. The zero-order valence-electron chi connectivity index (χ0n) is 5.62. The molecule has 4 nitrogen and oxygen atoms in total. The number of rotatable bonds is 0. The molecule has 1 rings (SSSR count). The Morgan fingerprint density at radius 2 is 1.30 bits per heavy atom. The SMILES string of the molecule is ON=C1CCCC/C1=N/O. The highest BCUT2D eigenvalue weighted by Crippen LogP contribution is 2.12. The van der Waals surface area contributed by atoms with Gasteiger partial charge in [0.05, 0.1) is 0 Å². The van der Waals surface area contributed by atoms with Gasteiger partial charge in [-0.15, -0.1) is 0 Å². The molecular formula is C6H10N2O2. The van der Waals surface area contributed by atoms with E-state index in [-0.39, 0.29) is 0 Å². The molecule has 2 N–H and O–H groups in total. The quantitative estimate of drug-likeness (QED) is 0.394. The molecule has 0 saturated heterocycles. The van der Waals surface area contributed by atoms with Gasteiger partial charge < -0.3 is 10.4 Å². The molecule has 0 aromatic rings. The maximum absolute atomic E-state index is 8.39. The maximum Gasteiger partial charge on any atom is 0.104 e. The predicted octanol–water partition coefficient (Wildman–Crippen LogP) is 1.22. The third kappa shape index (κ3) is 1.26. The largest absolute Gasteiger partial charge is 0.411 e. The van der Waals surface area contributed by atoms with E-state index in [1.54, 1.807) is 0 Å². The first kappa shape index (κ1) is 7.05. The Bertz CT molecular complexity index is 155. The van der Waals surface area contributed by atoms with Crippen LogP contribution in [0.1, 0.15) is 25.7 Å². The van der Waals surface area contributed by atoms with Crippen molar-refractivity contribution in [2.24, 2.45) is 10.3 Å². The highest BCUT2D eigenvalue weighted by molar-refractivity contribution is 6.42. The number of nitrogens with zero attached hydrogens (tertiary/aromatic N) is 2. The van der Waals surface area contributed by atoms with Crippen molar-refractivity contribution in [3.05, 3.63) is 0 Å². The summed E-state index contributed by atoms with van der Waals surface area (Å²) in [5.74, 6) is 0. The first-order chi connectivity index (χ1) is 4.88. The lowest BCUT2D eigenvalue weighted by atomic mass is 9.97. The van der Waals surface area contributed by atoms with Crippen molar-refractivity contribution < 1.29 is 10.4 Å². The van der Waals surface area contributed by atoms with Gasteiger partial charge in [0.15, 0.2) is 0 Å². The summed E-state index contributed by atoms with van der Waals surface area (Å²) < 4.78 is 0. The lowest BCUT2D eigenvalue weighted by molar-refractivity contribution is 0.310. The molecule has 4 heteroatoms. The van der Waals surface area contributed by atoms with Crippen molar-refractivity contribution in [2.75, 3.05) is 0 Å². The van der Waals surface area contributed by atoms with Gasteiger partial charge in [-0.25, -0.2) is 0 Å². The monoisotopic (exact) mass is 142 g/mol. The molecule has 0 amide bonds. The second-order valence-corrected chi connectivity index (χ2v) is 2.30. The van der Waals surface area contributed by atoms with Crippen LogP contribution >= 0.6 is 0 Å². The van der Waals surface area contributed by atoms with Crippen molar-refractivity contribution in [3.63, 3.8) is 0 Å². The van der Waals surface area contributed by atoms with Gasteiger partial charge in [-0.1, -0.05) is 10.3 Å². The van der Waals surface area contributed by atoms with Gasteiger partial charge in [-0.3, -0.25) is 0 Å². The standard InChI is InChI=1S/C6H10N2O2/c9-7-5-3-1-2-4-6(5)8-10/h9-10H,1-4H2/b7-5-,8-6?. The Morgan fingerprint density at radius 1 is 0.900 bits per heavy atom. The Labute approximate surface area is 58.8 Å². The van der Waals surface area contributed by atoms with E-state index in [0.717, 1.165) is 25.7 Å². The van der Waals surface area contributed by atoms with Gasteiger partial charge in [0.1, 0.15) is 11.4 Å². The van der Waals surface area contributed by atoms with E-state index in [0.29, 0.717) is 11.4 Å². The molecule has 0 aromatic carbocycles. The number of hydrogen-bond acceptors (Lipinski definition) is 4. The molecule has 0 heterocycles. The minimum Gasteiger partial charge on any atom is -0.411 e. The summed E-state index contributed by atoms with van der Waals surface area (Å²) in [6, 6.07) is 0. The Kier molecular flexibility index (Phi) is 2.25. The molecule has 0 unspecified atom stereocenters. The van der Waals surface area contributed by atoms with Crippen molar-refractivity contribution in [3.8, 4) is 0 Å². The molecule has 56 valence electrons. The molecule has 0 atom stereocenters. The average molecular weight is 142 g/mol. The van der Waals surface area contributed by atoms with Crippen LogP contribution in [0.3, 0.4) is 0 Å². The zero-order chi connectivity index (χ0) is 7.40. The fourth-order valence-electron chi connectivity index (χ4n) is 1.09. The molecule has 10 heavy (non-hydrogen) atoms. The minimum absolute atomic E-state index is 0.522. The van der Waals surface area contributed by atoms with E-state index in [2.05, 4.69) is 10.3 Å². The topological polar surface area (TPSA) is 65.2 Å². The smallest absolute Gasteiger partial charge is 0.104 e. The third-order valence-electron chi connectivity index (χ3n) is 1.65. The first-order valence-electron chi connectivity index (χ1n) is 3.30. The molecule has 0 aliphatic heterocycles. The van der Waals surface area contributed by atoms with Crippen LogP contribution in [0.2, 0.25) is 0 Å². The van der Waals surface area contributed by atoms with Crippen LogP contribution in [0.4, 0.5) is 0 Å². The van der Waals surface area contributed by atoms with E-state index in [1.165, 1.54) is 0 Å². The van der Waals surface area contributed by atoms with Crippen LogP contribution in [-0.2, 0) is 0 Å². The van der Waals surface area contributed by atoms with Crippen molar-refractivity contribution >= 4 is 11.4 Å². The first-order valence-corrected chi connectivity index (χ1v) is 3.30. The number of oxime groups is 2. The molecule has 1 saturated carbocycles. The second-order valence-electron chi connectivity index (χ2n) is 2.30. The predicted molar refractivity (Wildman–Crippen MR) is 36.9 cm³/mol. The summed E-state index contributed by atoms with van der Waals surface area (Å²) in [6.07, 6.45) is 3.46. The lowest BCUT2D eigenvalue weighted by Crippen LogP contribution is -2.18. The molecular weight excluding hydrogens is 132 g/mol. The summed E-state index contributed by atoms with van der Waals surface area (Å²) in [6.45, 7) is 0. The van der Waals surface area contributed by atoms with Gasteiger partial charge in [0.25, 0.3) is 0 Å². The number of hydrogen-bond donors (Lipinski definition) is 2. The lowest BCUT2D eigenvalue weighted by Gasteiger charge is -2.11. The van der Waals surface area contributed by atoms with Gasteiger partial charge in [0, 0.05) is 0 Å². The van der Waals surface area contributed by atoms with Crippen LogP contribution in [0.5, 0.6) is 0 Å². The summed E-state index contributed by atoms with van der Waals surface area (Å²) in [7, 11) is 0. The zero-order valence-corrected chi connectivity index (χ0v) is 5.62. The summed E-state index contributed by atoms with van der Waals surface area (Å²) >= 11 is 0. The molecule has 0 aromatic heterocycles. The average Bonchev–Trinajstić information content (AvgIpc) is 2.04. The third-order valence-corrected chi connectivity index (χ3v) is 1.65. The van der Waals surface area contributed by atoms with Crippen molar-refractivity contribution in [2.45, 2.75) is 25.7 Å². The molecule has 0 spiro atoms. The van der Waals surface area contributed by atoms with E-state index in [9.17, 15) is 0 Å². The summed E-state index contributed by atoms with van der Waals surface area (Å²) in [4.78, 5) is 0. The van der Waals surface area contributed by atoms with Gasteiger partial charge in [-0.05, 0) is 25.7 Å². The van der Waals surface area contributed by atoms with E-state index >= 15 is 0 Å². The van der Waals surface area contributed by atoms with Crippen LogP contribution in [-0.4, -0.2) is 21.8 Å². The normalized spacial score (nSPS) is 27.6.